The van der Waals surface area contributed by atoms with E-state index < -0.39 is 39.1 Å². The molecular formula is C45H80NO10P. The summed E-state index contributed by atoms with van der Waals surface area (Å²) in [7, 11) is -4.62. The fraction of sp³-hybridized carbons (Fsp3) is 0.822. The van der Waals surface area contributed by atoms with E-state index >= 15 is 0 Å². The molecule has 2 atom stereocenters. The number of hydrogen-bond acceptors (Lipinski definition) is 9. The molecule has 1 heterocycles. The van der Waals surface area contributed by atoms with Gasteiger partial charge in [-0.2, -0.15) is 0 Å². The zero-order valence-corrected chi connectivity index (χ0v) is 36.8. The summed E-state index contributed by atoms with van der Waals surface area (Å²) in [6, 6.07) is 0. The number of hydrogen-bond donors (Lipinski definition) is 1. The molecule has 0 spiro atoms. The Hall–Kier alpha value is -2.33. The van der Waals surface area contributed by atoms with Crippen LogP contribution in [-0.4, -0.2) is 66.0 Å². The number of carbonyl (C=O) groups is 4. The number of phosphoric acid groups is 1. The number of phosphoric ester groups is 1. The zero-order valence-electron chi connectivity index (χ0n) is 35.9. The molecule has 1 rings (SSSR count). The van der Waals surface area contributed by atoms with Crippen molar-refractivity contribution in [3.05, 3.63) is 24.3 Å². The average molecular weight is 826 g/mol. The number of amides is 2. The Morgan fingerprint density at radius 3 is 1.46 bits per heavy atom. The third kappa shape index (κ3) is 32.2. The number of carbonyl (C=O) groups excluding carboxylic acids is 4. The summed E-state index contributed by atoms with van der Waals surface area (Å²) in [6.45, 7) is 3.06. The first-order valence-corrected chi connectivity index (χ1v) is 24.3. The van der Waals surface area contributed by atoms with Crippen molar-refractivity contribution in [2.75, 3.05) is 26.4 Å². The molecule has 0 aliphatic carbocycles. The molecule has 0 aromatic heterocycles. The van der Waals surface area contributed by atoms with Gasteiger partial charge in [-0.3, -0.25) is 33.1 Å². The largest absolute Gasteiger partial charge is 0.472 e. The van der Waals surface area contributed by atoms with Gasteiger partial charge in [-0.1, -0.05) is 141 Å². The number of imide groups is 1. The Labute approximate surface area is 346 Å². The average Bonchev–Trinajstić information content (AvgIpc) is 3.51. The fourth-order valence-corrected chi connectivity index (χ4v) is 7.38. The maximum absolute atomic E-state index is 12.7. The Balaban J connectivity index is 2.35. The summed E-state index contributed by atoms with van der Waals surface area (Å²) in [5.41, 5.74) is 0. The van der Waals surface area contributed by atoms with Crippen molar-refractivity contribution in [1.82, 2.24) is 4.90 Å². The van der Waals surface area contributed by atoms with Crippen molar-refractivity contribution in [2.24, 2.45) is 0 Å². The van der Waals surface area contributed by atoms with E-state index in [-0.39, 0.29) is 50.6 Å². The van der Waals surface area contributed by atoms with Gasteiger partial charge in [0.15, 0.2) is 6.10 Å². The number of ether oxygens (including phenoxy) is 2. The first kappa shape index (κ1) is 52.7. The van der Waals surface area contributed by atoms with Crippen molar-refractivity contribution >= 4 is 31.6 Å². The molecule has 1 fully saturated rings. The van der Waals surface area contributed by atoms with Gasteiger partial charge in [-0.15, -0.1) is 0 Å². The second-order valence-corrected chi connectivity index (χ2v) is 17.0. The first-order chi connectivity index (χ1) is 27.7. The maximum atomic E-state index is 12.7. The number of nitrogens with zero attached hydrogens (tertiary/aromatic N) is 1. The van der Waals surface area contributed by atoms with Gasteiger partial charge in [-0.05, 0) is 64.2 Å². The molecule has 0 bridgehead atoms. The van der Waals surface area contributed by atoms with Crippen LogP contribution in [0.5, 0.6) is 0 Å². The minimum Gasteiger partial charge on any atom is -0.462 e. The van der Waals surface area contributed by atoms with E-state index in [1.54, 1.807) is 0 Å². The van der Waals surface area contributed by atoms with Crippen LogP contribution in [0.1, 0.15) is 206 Å². The van der Waals surface area contributed by atoms with Gasteiger partial charge in [0.05, 0.1) is 19.8 Å². The highest BCUT2D eigenvalue weighted by atomic mass is 31.2. The Morgan fingerprint density at radius 1 is 0.596 bits per heavy atom. The summed E-state index contributed by atoms with van der Waals surface area (Å²) < 4.78 is 33.5. The van der Waals surface area contributed by atoms with Crippen LogP contribution < -0.4 is 0 Å². The lowest BCUT2D eigenvalue weighted by atomic mass is 10.1. The molecule has 1 N–H and O–H groups in total. The third-order valence-corrected chi connectivity index (χ3v) is 11.1. The van der Waals surface area contributed by atoms with Crippen molar-refractivity contribution in [1.29, 1.82) is 0 Å². The van der Waals surface area contributed by atoms with Crippen LogP contribution in [0, 0.1) is 0 Å². The molecule has 0 saturated carbocycles. The van der Waals surface area contributed by atoms with E-state index in [2.05, 4.69) is 38.2 Å². The Kier molecular flexibility index (Phi) is 33.9. The Bertz CT molecular complexity index is 1140. The standard InChI is InChI=1S/C45H80NO10P/c1-3-5-7-9-11-13-15-17-19-21-23-25-27-29-31-33-44(49)53-39-41(40-55-57(51,52)54-38-37-46-42(47)35-36-43(46)48)56-45(50)34-32-30-28-26-24-22-20-18-16-14-12-10-8-6-4-2/h17-20,41H,3-16,21-40H2,1-2H3,(H,51,52)/b19-17+,20-18+. The van der Waals surface area contributed by atoms with Gasteiger partial charge in [0, 0.05) is 25.7 Å². The SMILES string of the molecule is CCCCCCCC/C=C/CCCCCCCC(=O)OCC(COP(=O)(O)OCCN1C(=O)CCC1=O)OC(=O)CCCCCCC/C=C/CCCCCCCC. The van der Waals surface area contributed by atoms with E-state index in [1.807, 2.05) is 0 Å². The van der Waals surface area contributed by atoms with Gasteiger partial charge >= 0.3 is 19.8 Å². The molecule has 1 aliphatic heterocycles. The first-order valence-electron chi connectivity index (χ1n) is 22.8. The zero-order chi connectivity index (χ0) is 41.7. The van der Waals surface area contributed by atoms with Gasteiger partial charge in [0.1, 0.15) is 6.61 Å². The lowest BCUT2D eigenvalue weighted by Gasteiger charge is -2.20. The molecule has 0 aromatic carbocycles. The van der Waals surface area contributed by atoms with Gasteiger partial charge in [0.2, 0.25) is 11.8 Å². The number of likely N-dealkylation sites (tertiary alicyclic amines) is 1. The smallest absolute Gasteiger partial charge is 0.462 e. The minimum absolute atomic E-state index is 0.103. The van der Waals surface area contributed by atoms with Crippen LogP contribution in [-0.2, 0) is 42.3 Å². The molecular weight excluding hydrogens is 745 g/mol. The van der Waals surface area contributed by atoms with E-state index in [0.717, 1.165) is 81.9 Å². The lowest BCUT2D eigenvalue weighted by molar-refractivity contribution is -0.161. The van der Waals surface area contributed by atoms with Gasteiger partial charge < -0.3 is 14.4 Å². The highest BCUT2D eigenvalue weighted by Gasteiger charge is 2.31. The number of unbranched alkanes of at least 4 members (excludes halogenated alkanes) is 22. The van der Waals surface area contributed by atoms with Crippen molar-refractivity contribution in [2.45, 2.75) is 213 Å². The second kappa shape index (κ2) is 36.7. The van der Waals surface area contributed by atoms with Gasteiger partial charge in [-0.25, -0.2) is 4.57 Å². The number of esters is 2. The molecule has 0 aromatic rings. The highest BCUT2D eigenvalue weighted by Crippen LogP contribution is 2.43. The van der Waals surface area contributed by atoms with E-state index in [1.165, 1.54) is 77.0 Å². The third-order valence-electron chi connectivity index (χ3n) is 10.2. The lowest BCUT2D eigenvalue weighted by Crippen LogP contribution is -2.32. The minimum atomic E-state index is -4.62. The second-order valence-electron chi connectivity index (χ2n) is 15.5. The summed E-state index contributed by atoms with van der Waals surface area (Å²) in [4.78, 5) is 60.0. The van der Waals surface area contributed by atoms with Crippen molar-refractivity contribution in [3.63, 3.8) is 0 Å². The van der Waals surface area contributed by atoms with Crippen molar-refractivity contribution < 1.29 is 47.2 Å². The maximum Gasteiger partial charge on any atom is 0.472 e. The van der Waals surface area contributed by atoms with E-state index in [0.29, 0.717) is 12.8 Å². The van der Waals surface area contributed by atoms with Crippen LogP contribution in [0.15, 0.2) is 24.3 Å². The topological polar surface area (TPSA) is 146 Å². The number of allylic oxidation sites excluding steroid dienone is 4. The molecule has 2 unspecified atom stereocenters. The van der Waals surface area contributed by atoms with Crippen LogP contribution in [0.2, 0.25) is 0 Å². The normalized spacial score (nSPS) is 14.9. The molecule has 1 saturated heterocycles. The molecule has 57 heavy (non-hydrogen) atoms. The van der Waals surface area contributed by atoms with Gasteiger partial charge in [0.25, 0.3) is 0 Å². The Morgan fingerprint density at radius 2 is 1.00 bits per heavy atom. The summed E-state index contributed by atoms with van der Waals surface area (Å²) in [5.74, 6) is -1.67. The molecule has 2 amide bonds. The molecule has 0 radical (unpaired) electrons. The summed E-state index contributed by atoms with van der Waals surface area (Å²) in [5, 5.41) is 0. The van der Waals surface area contributed by atoms with E-state index in [4.69, 9.17) is 18.5 Å². The fourth-order valence-electron chi connectivity index (χ4n) is 6.63. The number of rotatable bonds is 40. The molecule has 1 aliphatic rings. The van der Waals surface area contributed by atoms with Crippen LogP contribution in [0.3, 0.4) is 0 Å². The molecule has 330 valence electrons. The van der Waals surface area contributed by atoms with E-state index in [9.17, 15) is 28.6 Å². The highest BCUT2D eigenvalue weighted by molar-refractivity contribution is 7.47. The predicted octanol–water partition coefficient (Wildman–Crippen LogP) is 11.8. The summed E-state index contributed by atoms with van der Waals surface area (Å²) >= 11 is 0. The van der Waals surface area contributed by atoms with Crippen molar-refractivity contribution in [3.8, 4) is 0 Å². The van der Waals surface area contributed by atoms with Crippen LogP contribution in [0.25, 0.3) is 0 Å². The quantitative estimate of drug-likeness (QED) is 0.0208. The summed E-state index contributed by atoms with van der Waals surface area (Å²) in [6.07, 6.45) is 38.5. The molecule has 12 heteroatoms. The van der Waals surface area contributed by atoms with Crippen LogP contribution in [0.4, 0.5) is 0 Å². The molecule has 11 nitrogen and oxygen atoms in total. The predicted molar refractivity (Wildman–Crippen MR) is 227 cm³/mol. The monoisotopic (exact) mass is 826 g/mol. The van der Waals surface area contributed by atoms with Crippen LogP contribution >= 0.6 is 7.82 Å².